The van der Waals surface area contributed by atoms with E-state index in [0.717, 1.165) is 46.3 Å². The Bertz CT molecular complexity index is 1620. The van der Waals surface area contributed by atoms with Gasteiger partial charge in [0.1, 0.15) is 0 Å². The van der Waals surface area contributed by atoms with Crippen LogP contribution in [0.15, 0.2) is 71.6 Å². The van der Waals surface area contributed by atoms with Crippen LogP contribution in [0.25, 0.3) is 21.3 Å². The molecular formula is C30H30N2O5S2. The molecule has 4 aromatic rings. The van der Waals surface area contributed by atoms with E-state index in [4.69, 9.17) is 0 Å². The third-order valence-electron chi connectivity index (χ3n) is 7.54. The van der Waals surface area contributed by atoms with Crippen LogP contribution in [0.1, 0.15) is 55.8 Å². The molecular weight excluding hydrogens is 532 g/mol. The number of carboxylic acids is 1. The smallest absolute Gasteiger partial charge is 0.310 e. The molecule has 1 aromatic heterocycles. The Balaban J connectivity index is 1.26. The first kappa shape index (κ1) is 27.0. The molecule has 2 N–H and O–H groups in total. The Morgan fingerprint density at radius 1 is 0.949 bits per heavy atom. The second-order valence-electron chi connectivity index (χ2n) is 10.1. The average Bonchev–Trinajstić information content (AvgIpc) is 3.35. The first-order chi connectivity index (χ1) is 18.7. The maximum atomic E-state index is 12.9. The average molecular weight is 563 g/mol. The quantitative estimate of drug-likeness (QED) is 0.209. The van der Waals surface area contributed by atoms with Crippen LogP contribution in [-0.4, -0.2) is 36.0 Å². The summed E-state index contributed by atoms with van der Waals surface area (Å²) in [5, 5.41) is 13.8. The lowest BCUT2D eigenvalue weighted by atomic mass is 9.70. The van der Waals surface area contributed by atoms with Gasteiger partial charge >= 0.3 is 5.97 Å². The minimum absolute atomic E-state index is 0.0452. The van der Waals surface area contributed by atoms with Crippen LogP contribution in [0.5, 0.6) is 0 Å². The molecule has 7 nitrogen and oxygen atoms in total. The monoisotopic (exact) mass is 562 g/mol. The number of aliphatic carboxylic acids is 1. The van der Waals surface area contributed by atoms with Gasteiger partial charge in [-0.3, -0.25) is 9.59 Å². The van der Waals surface area contributed by atoms with Gasteiger partial charge in [0, 0.05) is 17.7 Å². The standard InChI is InChI=1S/C30H30N2O5S2/c1-2-39(36,37)24-14-15-25-27(18-24)38-29(32-25)31-23-12-10-21(11-13-23)20-6-8-22(9-7-20)26(33)19-30(28(34)35)16-4-3-5-17-30/h6-15,18H,2-5,16-17,19H2,1H3,(H,31,32)(H,34,35). The molecule has 39 heavy (non-hydrogen) atoms. The summed E-state index contributed by atoms with van der Waals surface area (Å²) in [4.78, 5) is 29.7. The fourth-order valence-corrected chi connectivity index (χ4v) is 7.05. The summed E-state index contributed by atoms with van der Waals surface area (Å²) < 4.78 is 25.2. The van der Waals surface area contributed by atoms with Crippen LogP contribution in [-0.2, 0) is 14.6 Å². The zero-order chi connectivity index (χ0) is 27.6. The molecule has 0 radical (unpaired) electrons. The lowest BCUT2D eigenvalue weighted by molar-refractivity contribution is -0.150. The van der Waals surface area contributed by atoms with Crippen molar-refractivity contribution >= 4 is 54.0 Å². The number of nitrogens with one attached hydrogen (secondary N) is 1. The van der Waals surface area contributed by atoms with Gasteiger partial charge in [-0.2, -0.15) is 0 Å². The zero-order valence-corrected chi connectivity index (χ0v) is 23.3. The third-order valence-corrected chi connectivity index (χ3v) is 10.2. The Morgan fingerprint density at radius 3 is 2.21 bits per heavy atom. The number of carbonyl (C=O) groups excluding carboxylic acids is 1. The van der Waals surface area contributed by atoms with Crippen molar-refractivity contribution in [2.45, 2.75) is 50.3 Å². The Morgan fingerprint density at radius 2 is 1.59 bits per heavy atom. The van der Waals surface area contributed by atoms with Crippen LogP contribution in [0.3, 0.4) is 0 Å². The van der Waals surface area contributed by atoms with E-state index in [-0.39, 0.29) is 18.0 Å². The summed E-state index contributed by atoms with van der Waals surface area (Å²) in [6.45, 7) is 1.63. The molecule has 202 valence electrons. The summed E-state index contributed by atoms with van der Waals surface area (Å²) in [5.41, 5.74) is 3.12. The van der Waals surface area contributed by atoms with Gasteiger partial charge in [0.05, 0.1) is 26.3 Å². The minimum atomic E-state index is -3.27. The van der Waals surface area contributed by atoms with Gasteiger partial charge in [-0.25, -0.2) is 13.4 Å². The number of hydrogen-bond acceptors (Lipinski definition) is 7. The van der Waals surface area contributed by atoms with Crippen LogP contribution < -0.4 is 5.32 Å². The van der Waals surface area contributed by atoms with Crippen molar-refractivity contribution in [3.8, 4) is 11.1 Å². The normalized spacial score (nSPS) is 15.2. The number of carbonyl (C=O) groups is 2. The van der Waals surface area contributed by atoms with E-state index >= 15 is 0 Å². The number of fused-ring (bicyclic) bond motifs is 1. The number of anilines is 2. The Kier molecular flexibility index (Phi) is 7.55. The van der Waals surface area contributed by atoms with Crippen molar-refractivity contribution in [1.82, 2.24) is 4.98 Å². The van der Waals surface area contributed by atoms with E-state index in [2.05, 4.69) is 10.3 Å². The van der Waals surface area contributed by atoms with Crippen molar-refractivity contribution in [2.75, 3.05) is 11.1 Å². The number of ketones is 1. The Labute approximate surface area is 231 Å². The highest BCUT2D eigenvalue weighted by atomic mass is 32.2. The van der Waals surface area contributed by atoms with Gasteiger partial charge in [0.15, 0.2) is 20.8 Å². The lowest BCUT2D eigenvalue weighted by Gasteiger charge is -2.32. The van der Waals surface area contributed by atoms with Crippen molar-refractivity contribution in [3.63, 3.8) is 0 Å². The van der Waals surface area contributed by atoms with E-state index in [1.165, 1.54) is 11.3 Å². The molecule has 0 unspecified atom stereocenters. The van der Waals surface area contributed by atoms with Crippen LogP contribution in [0.2, 0.25) is 0 Å². The lowest BCUT2D eigenvalue weighted by Crippen LogP contribution is -2.35. The summed E-state index contributed by atoms with van der Waals surface area (Å²) in [5.74, 6) is -0.930. The number of aromatic nitrogens is 1. The van der Waals surface area contributed by atoms with E-state index in [1.54, 1.807) is 37.3 Å². The van der Waals surface area contributed by atoms with E-state index < -0.39 is 21.2 Å². The maximum absolute atomic E-state index is 12.9. The molecule has 3 aromatic carbocycles. The molecule has 0 amide bonds. The van der Waals surface area contributed by atoms with Gasteiger partial charge < -0.3 is 10.4 Å². The summed E-state index contributed by atoms with van der Waals surface area (Å²) in [6.07, 6.45) is 3.90. The van der Waals surface area contributed by atoms with Crippen LogP contribution in [0, 0.1) is 5.41 Å². The van der Waals surface area contributed by atoms with Crippen molar-refractivity contribution in [1.29, 1.82) is 0 Å². The highest BCUT2D eigenvalue weighted by Crippen LogP contribution is 2.40. The predicted molar refractivity (Wildman–Crippen MR) is 155 cm³/mol. The second-order valence-corrected chi connectivity index (χ2v) is 13.4. The summed E-state index contributed by atoms with van der Waals surface area (Å²) >= 11 is 1.40. The first-order valence-electron chi connectivity index (χ1n) is 13.1. The molecule has 1 fully saturated rings. The molecule has 9 heteroatoms. The number of benzene rings is 3. The highest BCUT2D eigenvalue weighted by Gasteiger charge is 2.41. The predicted octanol–water partition coefficient (Wildman–Crippen LogP) is 7.11. The van der Waals surface area contributed by atoms with Gasteiger partial charge in [-0.15, -0.1) is 0 Å². The second kappa shape index (κ2) is 10.9. The largest absolute Gasteiger partial charge is 0.481 e. The van der Waals surface area contributed by atoms with Crippen LogP contribution >= 0.6 is 11.3 Å². The van der Waals surface area contributed by atoms with Gasteiger partial charge in [-0.1, -0.05) is 73.9 Å². The number of thiazole rings is 1. The molecule has 1 aliphatic carbocycles. The fourth-order valence-electron chi connectivity index (χ4n) is 5.14. The highest BCUT2D eigenvalue weighted by molar-refractivity contribution is 7.91. The number of hydrogen-bond donors (Lipinski definition) is 2. The van der Waals surface area contributed by atoms with Crippen molar-refractivity contribution in [2.24, 2.45) is 5.41 Å². The van der Waals surface area contributed by atoms with Crippen molar-refractivity contribution < 1.29 is 23.1 Å². The topological polar surface area (TPSA) is 113 Å². The van der Waals surface area contributed by atoms with Crippen LogP contribution in [0.4, 0.5) is 10.8 Å². The number of carboxylic acid groups (broad SMARTS) is 1. The molecule has 0 bridgehead atoms. The molecule has 0 saturated heterocycles. The van der Waals surface area contributed by atoms with Gasteiger partial charge in [0.2, 0.25) is 0 Å². The molecule has 0 atom stereocenters. The van der Waals surface area contributed by atoms with Gasteiger partial charge in [0.25, 0.3) is 0 Å². The third kappa shape index (κ3) is 5.74. The molecule has 1 saturated carbocycles. The maximum Gasteiger partial charge on any atom is 0.310 e. The zero-order valence-electron chi connectivity index (χ0n) is 21.6. The molecule has 5 rings (SSSR count). The number of nitrogens with zero attached hydrogens (tertiary/aromatic N) is 1. The minimum Gasteiger partial charge on any atom is -0.481 e. The van der Waals surface area contributed by atoms with Gasteiger partial charge in [-0.05, 0) is 54.3 Å². The Hall–Kier alpha value is -3.56. The fraction of sp³-hybridized carbons (Fsp3) is 0.300. The van der Waals surface area contributed by atoms with E-state index in [1.807, 2.05) is 36.4 Å². The molecule has 1 heterocycles. The van der Waals surface area contributed by atoms with Crippen molar-refractivity contribution in [3.05, 3.63) is 72.3 Å². The molecule has 1 aliphatic rings. The number of sulfone groups is 1. The van der Waals surface area contributed by atoms with E-state index in [9.17, 15) is 23.1 Å². The summed E-state index contributed by atoms with van der Waals surface area (Å²) in [6, 6.07) is 20.1. The summed E-state index contributed by atoms with van der Waals surface area (Å²) in [7, 11) is -3.27. The number of Topliss-reactive ketones (excluding diaryl/α,β-unsaturated/α-hetero) is 1. The van der Waals surface area contributed by atoms with E-state index in [0.29, 0.717) is 28.4 Å². The molecule has 0 spiro atoms. The molecule has 0 aliphatic heterocycles. The first-order valence-corrected chi connectivity index (χ1v) is 15.5. The number of rotatable bonds is 9. The SMILES string of the molecule is CCS(=O)(=O)c1ccc2nc(Nc3ccc(-c4ccc(C(=O)CC5(C(=O)O)CCCCC5)cc4)cc3)sc2c1.